The van der Waals surface area contributed by atoms with Gasteiger partial charge < -0.3 is 15.4 Å². The van der Waals surface area contributed by atoms with Gasteiger partial charge in [-0.05, 0) is 55.0 Å². The molecule has 2 amide bonds. The van der Waals surface area contributed by atoms with E-state index >= 15 is 0 Å². The van der Waals surface area contributed by atoms with Crippen LogP contribution >= 0.6 is 11.6 Å². The fourth-order valence-corrected chi connectivity index (χ4v) is 5.26. The lowest BCUT2D eigenvalue weighted by Crippen LogP contribution is -2.51. The monoisotopic (exact) mass is 487 g/mol. The van der Waals surface area contributed by atoms with Crippen molar-refractivity contribution in [2.24, 2.45) is 5.92 Å². The summed E-state index contributed by atoms with van der Waals surface area (Å²) in [5, 5.41) is 11.5. The Hall–Kier alpha value is -2.72. The first kappa shape index (κ1) is 23.0. The number of amides is 2. The van der Waals surface area contributed by atoms with Crippen LogP contribution in [0.15, 0.2) is 42.5 Å². The maximum Gasteiger partial charge on any atom is 0.258 e. The Labute approximate surface area is 202 Å². The highest BCUT2D eigenvalue weighted by Crippen LogP contribution is 2.52. The third kappa shape index (κ3) is 5.02. The Bertz CT molecular complexity index is 1090. The van der Waals surface area contributed by atoms with Crippen molar-refractivity contribution in [3.8, 4) is 5.75 Å². The quantitative estimate of drug-likeness (QED) is 0.456. The normalized spacial score (nSPS) is 25.6. The van der Waals surface area contributed by atoms with Gasteiger partial charge in [-0.1, -0.05) is 23.7 Å². The number of fused-ring (bicyclic) bond motifs is 1. The van der Waals surface area contributed by atoms with E-state index in [0.717, 1.165) is 37.8 Å². The lowest BCUT2D eigenvalue weighted by Gasteiger charge is -2.39. The molecular formula is C24H27ClFN5O3. The Morgan fingerprint density at radius 2 is 2.06 bits per heavy atom. The zero-order chi connectivity index (χ0) is 23.7. The molecule has 6 rings (SSSR count). The summed E-state index contributed by atoms with van der Waals surface area (Å²) in [4.78, 5) is 25.3. The van der Waals surface area contributed by atoms with E-state index in [1.165, 1.54) is 12.1 Å². The number of benzene rings is 2. The Morgan fingerprint density at radius 1 is 1.21 bits per heavy atom. The van der Waals surface area contributed by atoms with E-state index in [1.54, 1.807) is 0 Å². The number of nitrogens with zero attached hydrogens (tertiary/aromatic N) is 1. The van der Waals surface area contributed by atoms with Crippen LogP contribution in [-0.2, 0) is 11.3 Å². The standard InChI is InChI=1S/C24H27ClFN5O3/c25-19-5-4-18(7-20(19)26)34-12-22(32)29-21-10-24(8-17(21)9-24)30-23(33)16-3-1-2-15(6-16)11-31-14-27-13-28-31/h1-7,17,21,27-28H,8-14H2,(H,29,32)(H,30,33). The molecule has 2 bridgehead atoms. The van der Waals surface area contributed by atoms with Crippen LogP contribution in [-0.4, -0.2) is 48.3 Å². The summed E-state index contributed by atoms with van der Waals surface area (Å²) < 4.78 is 18.9. The second kappa shape index (κ2) is 9.50. The van der Waals surface area contributed by atoms with Crippen molar-refractivity contribution in [3.05, 3.63) is 64.4 Å². The van der Waals surface area contributed by atoms with Gasteiger partial charge in [0.05, 0.1) is 18.4 Å². The number of nitrogens with one attached hydrogen (secondary N) is 4. The molecule has 180 valence electrons. The number of carbonyl (C=O) groups is 2. The van der Waals surface area contributed by atoms with Crippen molar-refractivity contribution in [2.75, 3.05) is 19.9 Å². The van der Waals surface area contributed by atoms with Gasteiger partial charge in [0.1, 0.15) is 11.6 Å². The molecule has 0 spiro atoms. The van der Waals surface area contributed by atoms with Crippen molar-refractivity contribution < 1.29 is 18.7 Å². The Morgan fingerprint density at radius 3 is 2.82 bits per heavy atom. The van der Waals surface area contributed by atoms with Crippen molar-refractivity contribution in [3.63, 3.8) is 0 Å². The first-order chi connectivity index (χ1) is 16.4. The molecule has 8 nitrogen and oxygen atoms in total. The van der Waals surface area contributed by atoms with Crippen molar-refractivity contribution >= 4 is 23.4 Å². The van der Waals surface area contributed by atoms with Gasteiger partial charge in [-0.2, -0.15) is 0 Å². The van der Waals surface area contributed by atoms with Gasteiger partial charge in [0.2, 0.25) is 0 Å². The average molecular weight is 488 g/mol. The molecular weight excluding hydrogens is 461 g/mol. The van der Waals surface area contributed by atoms with Gasteiger partial charge in [0, 0.05) is 29.8 Å². The Kier molecular flexibility index (Phi) is 6.44. The largest absolute Gasteiger partial charge is 0.484 e. The van der Waals surface area contributed by atoms with Crippen molar-refractivity contribution in [1.29, 1.82) is 0 Å². The second-order valence-electron chi connectivity index (χ2n) is 9.29. The van der Waals surface area contributed by atoms with E-state index in [2.05, 4.69) is 26.4 Å². The minimum absolute atomic E-state index is 0.00232. The molecule has 1 aliphatic heterocycles. The van der Waals surface area contributed by atoms with Crippen molar-refractivity contribution in [1.82, 2.24) is 26.4 Å². The number of carbonyl (C=O) groups excluding carboxylic acids is 2. The molecule has 0 radical (unpaired) electrons. The maximum absolute atomic E-state index is 13.5. The molecule has 3 aliphatic carbocycles. The van der Waals surface area contributed by atoms with Gasteiger partial charge in [-0.3, -0.25) is 14.9 Å². The molecule has 1 atom stereocenters. The minimum Gasteiger partial charge on any atom is -0.484 e. The molecule has 1 heterocycles. The molecule has 34 heavy (non-hydrogen) atoms. The van der Waals surface area contributed by atoms with E-state index in [1.807, 2.05) is 24.3 Å². The number of hydrogen-bond acceptors (Lipinski definition) is 6. The van der Waals surface area contributed by atoms with E-state index in [0.29, 0.717) is 24.4 Å². The average Bonchev–Trinajstić information content (AvgIpc) is 3.50. The second-order valence-corrected chi connectivity index (χ2v) is 9.69. The fourth-order valence-electron chi connectivity index (χ4n) is 5.14. The van der Waals surface area contributed by atoms with Crippen LogP contribution in [0.5, 0.6) is 5.75 Å². The van der Waals surface area contributed by atoms with Crippen LogP contribution in [0.25, 0.3) is 0 Å². The number of rotatable bonds is 8. The fraction of sp³-hybridized carbons (Fsp3) is 0.417. The zero-order valence-corrected chi connectivity index (χ0v) is 19.3. The first-order valence-electron chi connectivity index (χ1n) is 11.4. The summed E-state index contributed by atoms with van der Waals surface area (Å²) >= 11 is 5.66. The summed E-state index contributed by atoms with van der Waals surface area (Å²) in [6, 6.07) is 11.7. The zero-order valence-electron chi connectivity index (χ0n) is 18.6. The third-order valence-electron chi connectivity index (χ3n) is 6.76. The SMILES string of the molecule is O=C(COc1ccc(Cl)c(F)c1)NC1CC2(NC(=O)c3cccc(CN4CNCN4)c3)CC1C2. The van der Waals surface area contributed by atoms with Crippen LogP contribution in [0.3, 0.4) is 0 Å². The topological polar surface area (TPSA) is 94.7 Å². The molecule has 2 aromatic carbocycles. The van der Waals surface area contributed by atoms with E-state index in [-0.39, 0.29) is 40.8 Å². The van der Waals surface area contributed by atoms with Gasteiger partial charge in [-0.15, -0.1) is 0 Å². The molecule has 10 heteroatoms. The highest BCUT2D eigenvalue weighted by atomic mass is 35.5. The van der Waals surface area contributed by atoms with Crippen LogP contribution in [0.2, 0.25) is 5.02 Å². The number of ether oxygens (including phenoxy) is 1. The van der Waals surface area contributed by atoms with Gasteiger partial charge >= 0.3 is 0 Å². The smallest absolute Gasteiger partial charge is 0.258 e. The lowest BCUT2D eigenvalue weighted by atomic mass is 9.76. The third-order valence-corrected chi connectivity index (χ3v) is 7.07. The van der Waals surface area contributed by atoms with Crippen LogP contribution < -0.4 is 26.1 Å². The lowest BCUT2D eigenvalue weighted by molar-refractivity contribution is -0.124. The minimum atomic E-state index is -0.593. The van der Waals surface area contributed by atoms with Crippen LogP contribution in [0, 0.1) is 11.7 Å². The van der Waals surface area contributed by atoms with Gasteiger partial charge in [0.25, 0.3) is 11.8 Å². The van der Waals surface area contributed by atoms with E-state index < -0.39 is 5.82 Å². The highest BCUT2D eigenvalue weighted by molar-refractivity contribution is 6.30. The summed E-state index contributed by atoms with van der Waals surface area (Å²) in [5.41, 5.74) is 4.64. The maximum atomic E-state index is 13.5. The summed E-state index contributed by atoms with van der Waals surface area (Å²) in [6.45, 7) is 2.00. The summed E-state index contributed by atoms with van der Waals surface area (Å²) in [6.07, 6.45) is 2.37. The predicted octanol–water partition coefficient (Wildman–Crippen LogP) is 2.15. The number of hydrogen-bond donors (Lipinski definition) is 4. The molecule has 2 aromatic rings. The molecule has 4 aliphatic rings. The summed E-state index contributed by atoms with van der Waals surface area (Å²) in [7, 11) is 0. The van der Waals surface area contributed by atoms with Crippen molar-refractivity contribution in [2.45, 2.75) is 37.4 Å². The molecule has 3 saturated carbocycles. The van der Waals surface area contributed by atoms with Crippen LogP contribution in [0.1, 0.15) is 35.2 Å². The molecule has 4 N–H and O–H groups in total. The van der Waals surface area contributed by atoms with E-state index in [9.17, 15) is 14.0 Å². The van der Waals surface area contributed by atoms with E-state index in [4.69, 9.17) is 16.3 Å². The molecule has 1 saturated heterocycles. The molecule has 1 unspecified atom stereocenters. The first-order valence-corrected chi connectivity index (χ1v) is 11.7. The predicted molar refractivity (Wildman–Crippen MR) is 124 cm³/mol. The number of halogens is 2. The number of hydrazine groups is 1. The van der Waals surface area contributed by atoms with Gasteiger partial charge in [-0.25, -0.2) is 14.8 Å². The Balaban J connectivity index is 1.11. The summed E-state index contributed by atoms with van der Waals surface area (Å²) in [5.74, 6) is -0.378. The van der Waals surface area contributed by atoms with Crippen LogP contribution in [0.4, 0.5) is 4.39 Å². The molecule has 4 fully saturated rings. The molecule has 0 aromatic heterocycles. The highest BCUT2D eigenvalue weighted by Gasteiger charge is 2.57. The van der Waals surface area contributed by atoms with Gasteiger partial charge in [0.15, 0.2) is 6.61 Å².